The third-order valence-corrected chi connectivity index (χ3v) is 6.34. The molecule has 0 saturated carbocycles. The van der Waals surface area contributed by atoms with Crippen LogP contribution in [0.2, 0.25) is 0 Å². The second-order valence-electron chi connectivity index (χ2n) is 9.95. The SMILES string of the molecule is C[C@@H](NCc1cc(C(C)(C)C)cc(C(C)(C)C)c1O)c1nc(-c2cccnc2)cs1. The van der Waals surface area contributed by atoms with E-state index in [-0.39, 0.29) is 16.9 Å². The molecule has 0 aliphatic heterocycles. The molecule has 2 aromatic heterocycles. The van der Waals surface area contributed by atoms with E-state index in [1.807, 2.05) is 18.3 Å². The molecule has 0 unspecified atom stereocenters. The molecular formula is C25H33N3OS. The van der Waals surface area contributed by atoms with Crippen LogP contribution in [0.1, 0.15) is 76.2 Å². The van der Waals surface area contributed by atoms with Crippen LogP contribution >= 0.6 is 11.3 Å². The number of aromatic nitrogens is 2. The molecule has 1 atom stereocenters. The van der Waals surface area contributed by atoms with Crippen molar-refractivity contribution in [1.29, 1.82) is 0 Å². The highest BCUT2D eigenvalue weighted by Crippen LogP contribution is 2.38. The summed E-state index contributed by atoms with van der Waals surface area (Å²) in [5.74, 6) is 0.394. The number of benzene rings is 1. The fourth-order valence-corrected chi connectivity index (χ4v) is 4.18. The van der Waals surface area contributed by atoms with Gasteiger partial charge in [-0.2, -0.15) is 0 Å². The van der Waals surface area contributed by atoms with Crippen LogP contribution in [0.15, 0.2) is 42.0 Å². The Morgan fingerprint density at radius 2 is 1.83 bits per heavy atom. The van der Waals surface area contributed by atoms with Gasteiger partial charge in [-0.25, -0.2) is 4.98 Å². The van der Waals surface area contributed by atoms with E-state index < -0.39 is 0 Å². The van der Waals surface area contributed by atoms with Gasteiger partial charge < -0.3 is 10.4 Å². The maximum absolute atomic E-state index is 11.0. The summed E-state index contributed by atoms with van der Waals surface area (Å²) in [7, 11) is 0. The molecule has 1 aromatic carbocycles. The van der Waals surface area contributed by atoms with Crippen LogP contribution in [0.3, 0.4) is 0 Å². The summed E-state index contributed by atoms with van der Waals surface area (Å²) < 4.78 is 0. The van der Waals surface area contributed by atoms with E-state index in [0.717, 1.165) is 27.4 Å². The fourth-order valence-electron chi connectivity index (χ4n) is 3.32. The first kappa shape index (κ1) is 22.4. The molecule has 30 heavy (non-hydrogen) atoms. The maximum Gasteiger partial charge on any atom is 0.123 e. The van der Waals surface area contributed by atoms with Gasteiger partial charge in [0.25, 0.3) is 0 Å². The standard InChI is InChI=1S/C25H33N3OS/c1-16(23-28-21(15-30-23)17-9-8-10-26-13-17)27-14-18-11-19(24(2,3)4)12-20(22(18)29)25(5,6)7/h8-13,15-16,27,29H,14H2,1-7H3/t16-/m1/s1. The Morgan fingerprint density at radius 1 is 1.10 bits per heavy atom. The van der Waals surface area contributed by atoms with Gasteiger partial charge in [-0.1, -0.05) is 53.7 Å². The zero-order chi connectivity index (χ0) is 22.1. The summed E-state index contributed by atoms with van der Waals surface area (Å²) in [5, 5.41) is 17.6. The molecule has 0 saturated heterocycles. The Balaban J connectivity index is 1.82. The number of hydrogen-bond acceptors (Lipinski definition) is 5. The van der Waals surface area contributed by atoms with Gasteiger partial charge >= 0.3 is 0 Å². The van der Waals surface area contributed by atoms with Crippen molar-refractivity contribution in [2.24, 2.45) is 0 Å². The van der Waals surface area contributed by atoms with Crippen LogP contribution in [0.25, 0.3) is 11.3 Å². The summed E-state index contributed by atoms with van der Waals surface area (Å²) in [5.41, 5.74) is 5.03. The van der Waals surface area contributed by atoms with E-state index >= 15 is 0 Å². The number of rotatable bonds is 5. The minimum Gasteiger partial charge on any atom is -0.507 e. The zero-order valence-electron chi connectivity index (χ0n) is 19.1. The predicted molar refractivity (Wildman–Crippen MR) is 126 cm³/mol. The lowest BCUT2D eigenvalue weighted by atomic mass is 9.79. The molecule has 2 heterocycles. The second-order valence-corrected chi connectivity index (χ2v) is 10.8. The van der Waals surface area contributed by atoms with E-state index in [4.69, 9.17) is 4.98 Å². The Bertz CT molecular complexity index is 997. The smallest absolute Gasteiger partial charge is 0.123 e. The Hall–Kier alpha value is -2.24. The first-order valence-corrected chi connectivity index (χ1v) is 11.3. The molecule has 5 heteroatoms. The van der Waals surface area contributed by atoms with Crippen LogP contribution < -0.4 is 5.32 Å². The van der Waals surface area contributed by atoms with Crippen molar-refractivity contribution in [1.82, 2.24) is 15.3 Å². The normalized spacial score (nSPS) is 13.4. The average molecular weight is 424 g/mol. The van der Waals surface area contributed by atoms with E-state index in [1.54, 1.807) is 17.5 Å². The van der Waals surface area contributed by atoms with Crippen molar-refractivity contribution in [3.05, 3.63) is 63.7 Å². The molecule has 0 aliphatic rings. The molecule has 0 radical (unpaired) electrons. The van der Waals surface area contributed by atoms with Crippen molar-refractivity contribution in [2.45, 2.75) is 71.9 Å². The van der Waals surface area contributed by atoms with Gasteiger partial charge in [0.05, 0.1) is 11.7 Å². The largest absolute Gasteiger partial charge is 0.507 e. The van der Waals surface area contributed by atoms with Crippen LogP contribution in [0.5, 0.6) is 5.75 Å². The van der Waals surface area contributed by atoms with Crippen LogP contribution in [0.4, 0.5) is 0 Å². The number of phenolic OH excluding ortho intramolecular Hbond substituents is 1. The number of nitrogens with zero attached hydrogens (tertiary/aromatic N) is 2. The van der Waals surface area contributed by atoms with Gasteiger partial charge in [-0.05, 0) is 41.0 Å². The molecule has 0 amide bonds. The van der Waals surface area contributed by atoms with Crippen molar-refractivity contribution in [3.8, 4) is 17.0 Å². The third kappa shape index (κ3) is 5.08. The molecule has 0 spiro atoms. The maximum atomic E-state index is 11.0. The lowest BCUT2D eigenvalue weighted by Crippen LogP contribution is -2.21. The lowest BCUT2D eigenvalue weighted by molar-refractivity contribution is 0.432. The number of aromatic hydroxyl groups is 1. The van der Waals surface area contributed by atoms with Gasteiger partial charge in [-0.15, -0.1) is 11.3 Å². The van der Waals surface area contributed by atoms with Crippen molar-refractivity contribution in [3.63, 3.8) is 0 Å². The van der Waals surface area contributed by atoms with E-state index in [0.29, 0.717) is 12.3 Å². The second kappa shape index (κ2) is 8.48. The molecular weight excluding hydrogens is 390 g/mol. The van der Waals surface area contributed by atoms with Crippen LogP contribution in [-0.2, 0) is 17.4 Å². The number of nitrogens with one attached hydrogen (secondary N) is 1. The van der Waals surface area contributed by atoms with Gasteiger partial charge in [0.1, 0.15) is 10.8 Å². The third-order valence-electron chi connectivity index (χ3n) is 5.31. The highest BCUT2D eigenvalue weighted by Gasteiger charge is 2.25. The fraction of sp³-hybridized carbons (Fsp3) is 0.440. The van der Waals surface area contributed by atoms with Crippen molar-refractivity contribution in [2.75, 3.05) is 0 Å². The van der Waals surface area contributed by atoms with Gasteiger partial charge in [0, 0.05) is 35.4 Å². The number of thiazole rings is 1. The minimum absolute atomic E-state index is 0.0159. The van der Waals surface area contributed by atoms with Crippen LogP contribution in [-0.4, -0.2) is 15.1 Å². The minimum atomic E-state index is -0.125. The lowest BCUT2D eigenvalue weighted by Gasteiger charge is -2.28. The van der Waals surface area contributed by atoms with Gasteiger partial charge in [0.2, 0.25) is 0 Å². The molecule has 0 aliphatic carbocycles. The molecule has 0 bridgehead atoms. The van der Waals surface area contributed by atoms with Gasteiger partial charge in [-0.3, -0.25) is 4.98 Å². The van der Waals surface area contributed by atoms with E-state index in [2.05, 4.69) is 76.3 Å². The Kier molecular flexibility index (Phi) is 6.34. The number of pyridine rings is 1. The summed E-state index contributed by atoms with van der Waals surface area (Å²) in [6.45, 7) is 15.8. The quantitative estimate of drug-likeness (QED) is 0.501. The predicted octanol–water partition coefficient (Wildman–Crippen LogP) is 6.36. The summed E-state index contributed by atoms with van der Waals surface area (Å²) in [6.07, 6.45) is 3.60. The molecule has 3 rings (SSSR count). The molecule has 4 nitrogen and oxygen atoms in total. The zero-order valence-corrected chi connectivity index (χ0v) is 19.9. The molecule has 2 N–H and O–H groups in total. The first-order valence-electron chi connectivity index (χ1n) is 10.4. The Labute approximate surface area is 184 Å². The van der Waals surface area contributed by atoms with Gasteiger partial charge in [0.15, 0.2) is 0 Å². The number of phenols is 1. The Morgan fingerprint density at radius 3 is 2.43 bits per heavy atom. The summed E-state index contributed by atoms with van der Waals surface area (Å²) in [4.78, 5) is 8.96. The summed E-state index contributed by atoms with van der Waals surface area (Å²) in [6, 6.07) is 8.31. The van der Waals surface area contributed by atoms with Crippen LogP contribution in [0, 0.1) is 0 Å². The first-order chi connectivity index (χ1) is 14.0. The average Bonchev–Trinajstić information content (AvgIpc) is 3.16. The van der Waals surface area contributed by atoms with Crippen molar-refractivity contribution >= 4 is 11.3 Å². The molecule has 0 fully saturated rings. The highest BCUT2D eigenvalue weighted by atomic mass is 32.1. The monoisotopic (exact) mass is 423 g/mol. The molecule has 3 aromatic rings. The molecule has 160 valence electrons. The highest BCUT2D eigenvalue weighted by molar-refractivity contribution is 7.10. The topological polar surface area (TPSA) is 58.0 Å². The van der Waals surface area contributed by atoms with Crippen molar-refractivity contribution < 1.29 is 5.11 Å². The van der Waals surface area contributed by atoms with E-state index in [1.165, 1.54) is 5.56 Å². The number of hydrogen-bond donors (Lipinski definition) is 2. The summed E-state index contributed by atoms with van der Waals surface area (Å²) >= 11 is 1.64. The van der Waals surface area contributed by atoms with E-state index in [9.17, 15) is 5.11 Å².